The molecule has 27 heavy (non-hydrogen) atoms. The number of imidazole rings is 1. The molecule has 0 fully saturated rings. The molecule has 0 unspecified atom stereocenters. The van der Waals surface area contributed by atoms with E-state index in [2.05, 4.69) is 22.1 Å². The van der Waals surface area contributed by atoms with E-state index < -0.39 is 0 Å². The number of aromatic amines is 1. The van der Waals surface area contributed by atoms with Gasteiger partial charge in [0.05, 0.1) is 22.1 Å². The Morgan fingerprint density at radius 2 is 1.52 bits per heavy atom. The van der Waals surface area contributed by atoms with E-state index in [1.165, 1.54) is 0 Å². The fourth-order valence-corrected chi connectivity index (χ4v) is 4.35. The summed E-state index contributed by atoms with van der Waals surface area (Å²) in [4.78, 5) is 20.9. The van der Waals surface area contributed by atoms with E-state index in [9.17, 15) is 4.79 Å². The maximum absolute atomic E-state index is 13.0. The number of hydrogen-bond donors (Lipinski definition) is 1. The van der Waals surface area contributed by atoms with Gasteiger partial charge in [-0.1, -0.05) is 60.3 Å². The maximum Gasteiger partial charge on any atom is 0.232 e. The number of thioether (sulfide) groups is 1. The molecular formula is C22H17N3OS. The van der Waals surface area contributed by atoms with Gasteiger partial charge in [-0.3, -0.25) is 9.36 Å². The molecule has 0 amide bonds. The highest BCUT2D eigenvalue weighted by Crippen LogP contribution is 2.29. The smallest absolute Gasteiger partial charge is 0.232 e. The summed E-state index contributed by atoms with van der Waals surface area (Å²) >= 11 is 1.58. The molecule has 1 N–H and O–H groups in total. The van der Waals surface area contributed by atoms with Crippen molar-refractivity contribution >= 4 is 50.5 Å². The number of hydrogen-bond acceptors (Lipinski definition) is 3. The lowest BCUT2D eigenvalue weighted by atomic mass is 10.2. The summed E-state index contributed by atoms with van der Waals surface area (Å²) < 4.78 is 1.85. The normalized spacial score (nSPS) is 11.6. The third kappa shape index (κ3) is 2.80. The van der Waals surface area contributed by atoms with Crippen molar-refractivity contribution in [2.24, 2.45) is 0 Å². The molecule has 2 aromatic heterocycles. The van der Waals surface area contributed by atoms with Crippen LogP contribution >= 0.6 is 11.8 Å². The maximum atomic E-state index is 13.0. The quantitative estimate of drug-likeness (QED) is 0.425. The number of H-pyrrole nitrogens is 1. The largest absolute Gasteiger partial charge is 0.333 e. The Kier molecular flexibility index (Phi) is 3.94. The first-order valence-corrected chi connectivity index (χ1v) is 9.89. The van der Waals surface area contributed by atoms with Gasteiger partial charge in [0.15, 0.2) is 5.16 Å². The lowest BCUT2D eigenvalue weighted by molar-refractivity contribution is 0.0920. The number of carbonyl (C=O) groups excluding carboxylic acids is 1. The Morgan fingerprint density at radius 3 is 2.22 bits per heavy atom. The SMILES string of the molecule is O=C(CCSc1nc2ccccc2[nH]1)n1c2ccccc2c2ccccc21. The van der Waals surface area contributed by atoms with Crippen LogP contribution in [-0.2, 0) is 0 Å². The number of aromatic nitrogens is 3. The number of rotatable bonds is 4. The van der Waals surface area contributed by atoms with Gasteiger partial charge in [0.2, 0.25) is 5.91 Å². The molecule has 5 rings (SSSR count). The molecule has 0 aliphatic carbocycles. The van der Waals surface area contributed by atoms with Gasteiger partial charge >= 0.3 is 0 Å². The van der Waals surface area contributed by atoms with Gasteiger partial charge in [-0.15, -0.1) is 0 Å². The Morgan fingerprint density at radius 1 is 0.889 bits per heavy atom. The molecule has 0 aliphatic heterocycles. The molecule has 3 aromatic carbocycles. The number of nitrogens with one attached hydrogen (secondary N) is 1. The third-order valence-corrected chi connectivity index (χ3v) is 5.63. The molecule has 4 nitrogen and oxygen atoms in total. The summed E-state index contributed by atoms with van der Waals surface area (Å²) in [6, 6.07) is 24.1. The molecular weight excluding hydrogens is 354 g/mol. The van der Waals surface area contributed by atoms with Gasteiger partial charge in [0.25, 0.3) is 0 Å². The van der Waals surface area contributed by atoms with Crippen molar-refractivity contribution < 1.29 is 4.79 Å². The predicted octanol–water partition coefficient (Wildman–Crippen LogP) is 5.49. The number of para-hydroxylation sites is 4. The zero-order valence-corrected chi connectivity index (χ0v) is 15.4. The zero-order chi connectivity index (χ0) is 18.2. The Labute approximate surface area is 160 Å². The van der Waals surface area contributed by atoms with Gasteiger partial charge in [-0.05, 0) is 24.3 Å². The van der Waals surface area contributed by atoms with E-state index in [1.807, 2.05) is 65.2 Å². The van der Waals surface area contributed by atoms with E-state index in [0.29, 0.717) is 12.2 Å². The van der Waals surface area contributed by atoms with E-state index in [4.69, 9.17) is 0 Å². The van der Waals surface area contributed by atoms with Crippen molar-refractivity contribution in [3.63, 3.8) is 0 Å². The van der Waals surface area contributed by atoms with Crippen LogP contribution in [-0.4, -0.2) is 26.2 Å². The first-order valence-electron chi connectivity index (χ1n) is 8.90. The Bertz CT molecular complexity index is 1200. The molecule has 5 heteroatoms. The van der Waals surface area contributed by atoms with Crippen molar-refractivity contribution in [3.8, 4) is 0 Å². The summed E-state index contributed by atoms with van der Waals surface area (Å²) in [5.41, 5.74) is 3.91. The van der Waals surface area contributed by atoms with Crippen LogP contribution in [0.3, 0.4) is 0 Å². The van der Waals surface area contributed by atoms with Crippen LogP contribution < -0.4 is 0 Å². The van der Waals surface area contributed by atoms with Crippen LogP contribution in [0.5, 0.6) is 0 Å². The number of carbonyl (C=O) groups is 1. The number of nitrogens with zero attached hydrogens (tertiary/aromatic N) is 2. The number of benzene rings is 3. The average Bonchev–Trinajstić information content (AvgIpc) is 3.26. The fraction of sp³-hybridized carbons (Fsp3) is 0.0909. The summed E-state index contributed by atoms with van der Waals surface area (Å²) in [5, 5.41) is 3.09. The van der Waals surface area contributed by atoms with Gasteiger partial charge < -0.3 is 4.98 Å². The van der Waals surface area contributed by atoms with Crippen molar-refractivity contribution in [1.29, 1.82) is 0 Å². The lowest BCUT2D eigenvalue weighted by Gasteiger charge is -2.05. The molecule has 0 saturated carbocycles. The number of fused-ring (bicyclic) bond motifs is 4. The molecule has 0 bridgehead atoms. The van der Waals surface area contributed by atoms with Crippen LogP contribution in [0.1, 0.15) is 11.2 Å². The highest BCUT2D eigenvalue weighted by molar-refractivity contribution is 7.99. The van der Waals surface area contributed by atoms with Gasteiger partial charge in [0, 0.05) is 22.9 Å². The topological polar surface area (TPSA) is 50.7 Å². The first-order chi connectivity index (χ1) is 13.3. The summed E-state index contributed by atoms with van der Waals surface area (Å²) in [6.45, 7) is 0. The standard InChI is InChI=1S/C22H17N3OS/c26-21(13-14-27-22-23-17-9-3-4-10-18(17)24-22)25-19-11-5-1-7-15(19)16-8-2-6-12-20(16)25/h1-12H,13-14H2,(H,23,24). The van der Waals surface area contributed by atoms with Crippen LogP contribution in [0.15, 0.2) is 78.0 Å². The van der Waals surface area contributed by atoms with Crippen LogP contribution in [0.2, 0.25) is 0 Å². The van der Waals surface area contributed by atoms with Crippen molar-refractivity contribution in [3.05, 3.63) is 72.8 Å². The van der Waals surface area contributed by atoms with Gasteiger partial charge in [0.1, 0.15) is 0 Å². The third-order valence-electron chi connectivity index (χ3n) is 4.75. The molecule has 0 spiro atoms. The molecule has 132 valence electrons. The summed E-state index contributed by atoms with van der Waals surface area (Å²) in [7, 11) is 0. The fourth-order valence-electron chi connectivity index (χ4n) is 3.54. The first kappa shape index (κ1) is 16.1. The highest BCUT2D eigenvalue weighted by Gasteiger charge is 2.15. The van der Waals surface area contributed by atoms with Crippen molar-refractivity contribution in [1.82, 2.24) is 14.5 Å². The van der Waals surface area contributed by atoms with Crippen LogP contribution in [0.25, 0.3) is 32.8 Å². The minimum atomic E-state index is 0.107. The van der Waals surface area contributed by atoms with E-state index in [-0.39, 0.29) is 5.91 Å². The lowest BCUT2D eigenvalue weighted by Crippen LogP contribution is -2.11. The monoisotopic (exact) mass is 371 g/mol. The van der Waals surface area contributed by atoms with Gasteiger partial charge in [-0.25, -0.2) is 4.98 Å². The van der Waals surface area contributed by atoms with E-state index in [0.717, 1.165) is 38.0 Å². The van der Waals surface area contributed by atoms with E-state index >= 15 is 0 Å². The summed E-state index contributed by atoms with van der Waals surface area (Å²) in [6.07, 6.45) is 0.449. The predicted molar refractivity (Wildman–Crippen MR) is 112 cm³/mol. The van der Waals surface area contributed by atoms with Crippen LogP contribution in [0, 0.1) is 0 Å². The van der Waals surface area contributed by atoms with Crippen LogP contribution in [0.4, 0.5) is 0 Å². The molecule has 0 aliphatic rings. The summed E-state index contributed by atoms with van der Waals surface area (Å²) in [5.74, 6) is 0.787. The molecule has 0 atom stereocenters. The average molecular weight is 371 g/mol. The van der Waals surface area contributed by atoms with E-state index in [1.54, 1.807) is 11.8 Å². The Hall–Kier alpha value is -3.05. The second-order valence-electron chi connectivity index (χ2n) is 6.42. The van der Waals surface area contributed by atoms with Crippen molar-refractivity contribution in [2.75, 3.05) is 5.75 Å². The zero-order valence-electron chi connectivity index (χ0n) is 14.6. The second-order valence-corrected chi connectivity index (χ2v) is 7.50. The minimum Gasteiger partial charge on any atom is -0.333 e. The molecule has 2 heterocycles. The van der Waals surface area contributed by atoms with Gasteiger partial charge in [-0.2, -0.15) is 0 Å². The highest BCUT2D eigenvalue weighted by atomic mass is 32.2. The Balaban J connectivity index is 1.40. The molecule has 5 aromatic rings. The molecule has 0 radical (unpaired) electrons. The van der Waals surface area contributed by atoms with Crippen molar-refractivity contribution in [2.45, 2.75) is 11.6 Å². The second kappa shape index (κ2) is 6.59. The minimum absolute atomic E-state index is 0.107. The molecule has 0 saturated heterocycles.